The van der Waals surface area contributed by atoms with Crippen LogP contribution in [0.5, 0.6) is 0 Å². The van der Waals surface area contributed by atoms with E-state index >= 15 is 0 Å². The molecule has 7 nitrogen and oxygen atoms in total. The fourth-order valence-electron chi connectivity index (χ4n) is 2.65. The highest BCUT2D eigenvalue weighted by molar-refractivity contribution is 6.03. The number of fused-ring (bicyclic) bond motifs is 1. The lowest BCUT2D eigenvalue weighted by Crippen LogP contribution is -2.36. The van der Waals surface area contributed by atoms with Crippen LogP contribution in [-0.2, 0) is 9.53 Å². The number of rotatable bonds is 5. The zero-order chi connectivity index (χ0) is 16.2. The quantitative estimate of drug-likeness (QED) is 0.837. The van der Waals surface area contributed by atoms with Crippen molar-refractivity contribution in [3.8, 4) is 0 Å². The van der Waals surface area contributed by atoms with E-state index in [9.17, 15) is 9.59 Å². The van der Waals surface area contributed by atoms with Crippen LogP contribution in [0.25, 0.3) is 0 Å². The van der Waals surface area contributed by atoms with E-state index in [1.54, 1.807) is 36.7 Å². The molecule has 1 aliphatic heterocycles. The van der Waals surface area contributed by atoms with E-state index in [4.69, 9.17) is 4.74 Å². The van der Waals surface area contributed by atoms with E-state index in [0.717, 1.165) is 0 Å². The van der Waals surface area contributed by atoms with Gasteiger partial charge in [-0.1, -0.05) is 18.2 Å². The molecule has 1 amide bonds. The predicted octanol–water partition coefficient (Wildman–Crippen LogP) is 1.26. The number of carbonyl (C=O) groups is 2. The Morgan fingerprint density at radius 3 is 2.74 bits per heavy atom. The lowest BCUT2D eigenvalue weighted by Gasteiger charge is -2.23. The number of amides is 1. The van der Waals surface area contributed by atoms with E-state index in [1.807, 2.05) is 6.07 Å². The van der Waals surface area contributed by atoms with E-state index in [-0.39, 0.29) is 5.91 Å². The zero-order valence-electron chi connectivity index (χ0n) is 12.6. The van der Waals surface area contributed by atoms with Crippen molar-refractivity contribution in [3.63, 3.8) is 0 Å². The lowest BCUT2D eigenvalue weighted by atomic mass is 10.1. The minimum atomic E-state index is -0.706. The van der Waals surface area contributed by atoms with E-state index in [1.165, 1.54) is 12.0 Å². The number of methoxy groups -OCH3 is 1. The summed E-state index contributed by atoms with van der Waals surface area (Å²) in [6, 6.07) is 8.11. The summed E-state index contributed by atoms with van der Waals surface area (Å²) < 4.78 is 4.86. The molecule has 1 aromatic carbocycles. The third-order valence-electron chi connectivity index (χ3n) is 3.68. The molecule has 118 valence electrons. The van der Waals surface area contributed by atoms with Gasteiger partial charge in [0, 0.05) is 31.0 Å². The van der Waals surface area contributed by atoms with Gasteiger partial charge in [-0.25, -0.2) is 14.8 Å². The second-order valence-electron chi connectivity index (χ2n) is 5.01. The van der Waals surface area contributed by atoms with Gasteiger partial charge in [0.15, 0.2) is 6.04 Å². The van der Waals surface area contributed by atoms with Crippen molar-refractivity contribution in [2.24, 2.45) is 0 Å². The summed E-state index contributed by atoms with van der Waals surface area (Å²) >= 11 is 0. The molecular formula is C16H16N4O3. The molecule has 0 bridgehead atoms. The number of esters is 1. The van der Waals surface area contributed by atoms with Crippen LogP contribution in [0.1, 0.15) is 22.0 Å². The maximum absolute atomic E-state index is 12.5. The van der Waals surface area contributed by atoms with E-state index in [2.05, 4.69) is 15.3 Å². The monoisotopic (exact) mass is 312 g/mol. The van der Waals surface area contributed by atoms with Crippen LogP contribution >= 0.6 is 0 Å². The SMILES string of the molecule is COC(=O)C1c2ccccc2C(=O)N1CCNc1ncccn1. The standard InChI is InChI=1S/C16H16N4O3/c1-23-15(22)13-11-5-2-3-6-12(11)14(21)20(13)10-9-19-16-17-7-4-8-18-16/h2-8,13H,9-10H2,1H3,(H,17,18,19). The van der Waals surface area contributed by atoms with Crippen LogP contribution < -0.4 is 5.32 Å². The van der Waals surface area contributed by atoms with Gasteiger partial charge in [-0.15, -0.1) is 0 Å². The fraction of sp³-hybridized carbons (Fsp3) is 0.250. The Morgan fingerprint density at radius 1 is 1.26 bits per heavy atom. The first-order chi connectivity index (χ1) is 11.2. The largest absolute Gasteiger partial charge is 0.467 e. The van der Waals surface area contributed by atoms with Crippen molar-refractivity contribution < 1.29 is 14.3 Å². The second-order valence-corrected chi connectivity index (χ2v) is 5.01. The molecule has 3 rings (SSSR count). The van der Waals surface area contributed by atoms with Gasteiger partial charge in [0.25, 0.3) is 5.91 Å². The summed E-state index contributed by atoms with van der Waals surface area (Å²) in [7, 11) is 1.32. The Hall–Kier alpha value is -2.96. The van der Waals surface area contributed by atoms with Crippen LogP contribution in [0.3, 0.4) is 0 Å². The van der Waals surface area contributed by atoms with Gasteiger partial charge in [-0.2, -0.15) is 0 Å². The number of aromatic nitrogens is 2. The first-order valence-electron chi connectivity index (χ1n) is 7.21. The van der Waals surface area contributed by atoms with Gasteiger partial charge in [-0.05, 0) is 17.7 Å². The van der Waals surface area contributed by atoms with Crippen LogP contribution in [0.15, 0.2) is 42.7 Å². The Bertz CT molecular complexity index is 720. The van der Waals surface area contributed by atoms with E-state index in [0.29, 0.717) is 30.2 Å². The number of hydrogen-bond donors (Lipinski definition) is 1. The molecule has 1 aromatic heterocycles. The number of anilines is 1. The maximum atomic E-state index is 12.5. The molecule has 7 heteroatoms. The molecule has 0 spiro atoms. The third-order valence-corrected chi connectivity index (χ3v) is 3.68. The topological polar surface area (TPSA) is 84.4 Å². The minimum Gasteiger partial charge on any atom is -0.467 e. The lowest BCUT2D eigenvalue weighted by molar-refractivity contribution is -0.145. The van der Waals surface area contributed by atoms with Gasteiger partial charge in [0.05, 0.1) is 7.11 Å². The smallest absolute Gasteiger partial charge is 0.333 e. The molecule has 23 heavy (non-hydrogen) atoms. The highest BCUT2D eigenvalue weighted by Gasteiger charge is 2.41. The van der Waals surface area contributed by atoms with Crippen LogP contribution in [-0.4, -0.2) is 46.9 Å². The van der Waals surface area contributed by atoms with Gasteiger partial charge < -0.3 is 15.0 Å². The molecule has 1 N–H and O–H groups in total. The van der Waals surface area contributed by atoms with Crippen LogP contribution in [0.4, 0.5) is 5.95 Å². The van der Waals surface area contributed by atoms with Crippen molar-refractivity contribution in [3.05, 3.63) is 53.9 Å². The minimum absolute atomic E-state index is 0.174. The highest BCUT2D eigenvalue weighted by atomic mass is 16.5. The number of benzene rings is 1. The zero-order valence-corrected chi connectivity index (χ0v) is 12.6. The average molecular weight is 312 g/mol. The van der Waals surface area contributed by atoms with Crippen molar-refractivity contribution in [1.82, 2.24) is 14.9 Å². The molecule has 0 saturated carbocycles. The van der Waals surface area contributed by atoms with Gasteiger partial charge >= 0.3 is 5.97 Å². The molecule has 1 aliphatic rings. The number of ether oxygens (including phenoxy) is 1. The van der Waals surface area contributed by atoms with Crippen molar-refractivity contribution in [2.45, 2.75) is 6.04 Å². The van der Waals surface area contributed by atoms with Crippen molar-refractivity contribution in [1.29, 1.82) is 0 Å². The highest BCUT2D eigenvalue weighted by Crippen LogP contribution is 2.33. The average Bonchev–Trinajstić information content (AvgIpc) is 2.88. The van der Waals surface area contributed by atoms with Crippen molar-refractivity contribution >= 4 is 17.8 Å². The summed E-state index contributed by atoms with van der Waals surface area (Å²) in [6.07, 6.45) is 3.26. The van der Waals surface area contributed by atoms with Crippen LogP contribution in [0.2, 0.25) is 0 Å². The van der Waals surface area contributed by atoms with Gasteiger partial charge in [0.2, 0.25) is 5.95 Å². The van der Waals surface area contributed by atoms with Gasteiger partial charge in [-0.3, -0.25) is 4.79 Å². The normalized spacial score (nSPS) is 16.1. The first kappa shape index (κ1) is 15.0. The number of nitrogens with one attached hydrogen (secondary N) is 1. The van der Waals surface area contributed by atoms with Gasteiger partial charge in [0.1, 0.15) is 0 Å². The Kier molecular flexibility index (Phi) is 4.18. The molecule has 2 heterocycles. The molecule has 2 aromatic rings. The Balaban J connectivity index is 1.75. The summed E-state index contributed by atoms with van der Waals surface area (Å²) in [5.41, 5.74) is 1.22. The summed E-state index contributed by atoms with van der Waals surface area (Å²) in [5.74, 6) is -0.141. The predicted molar refractivity (Wildman–Crippen MR) is 82.8 cm³/mol. The summed E-state index contributed by atoms with van der Waals surface area (Å²) in [4.78, 5) is 34.2. The number of hydrogen-bond acceptors (Lipinski definition) is 6. The maximum Gasteiger partial charge on any atom is 0.333 e. The molecule has 0 fully saturated rings. The molecule has 0 saturated heterocycles. The molecule has 1 atom stereocenters. The Morgan fingerprint density at radius 2 is 2.00 bits per heavy atom. The second kappa shape index (κ2) is 6.43. The summed E-state index contributed by atoms with van der Waals surface area (Å²) in [5, 5.41) is 3.03. The van der Waals surface area contributed by atoms with E-state index < -0.39 is 12.0 Å². The summed E-state index contributed by atoms with van der Waals surface area (Å²) in [6.45, 7) is 0.767. The molecule has 0 radical (unpaired) electrons. The number of nitrogens with zero attached hydrogens (tertiary/aromatic N) is 3. The molecule has 1 unspecified atom stereocenters. The Labute approximate surface area is 133 Å². The van der Waals surface area contributed by atoms with Crippen LogP contribution in [0, 0.1) is 0 Å². The third kappa shape index (κ3) is 2.85. The fourth-order valence-corrected chi connectivity index (χ4v) is 2.65. The first-order valence-corrected chi connectivity index (χ1v) is 7.21. The number of carbonyl (C=O) groups excluding carboxylic acids is 2. The molecule has 0 aliphatic carbocycles. The van der Waals surface area contributed by atoms with Crippen molar-refractivity contribution in [2.75, 3.05) is 25.5 Å². The molecular weight excluding hydrogens is 296 g/mol.